The van der Waals surface area contributed by atoms with Crippen LogP contribution in [0.3, 0.4) is 0 Å². The van der Waals surface area contributed by atoms with E-state index in [9.17, 15) is 13.2 Å². The lowest BCUT2D eigenvalue weighted by atomic mass is 9.48. The lowest BCUT2D eigenvalue weighted by Crippen LogP contribution is -2.51. The van der Waals surface area contributed by atoms with Crippen molar-refractivity contribution in [3.8, 4) is 0 Å². The Bertz CT molecular complexity index is 981. The van der Waals surface area contributed by atoms with Gasteiger partial charge in [-0.2, -0.15) is 0 Å². The van der Waals surface area contributed by atoms with Gasteiger partial charge in [-0.3, -0.25) is 9.52 Å². The molecule has 5 nitrogen and oxygen atoms in total. The number of hydrogen-bond donors (Lipinski definition) is 2. The largest absolute Gasteiger partial charge is 0.481 e. The number of sulfonamides is 1. The van der Waals surface area contributed by atoms with Gasteiger partial charge in [-0.1, -0.05) is 49.7 Å². The summed E-state index contributed by atoms with van der Waals surface area (Å²) in [5, 5.41) is 9.35. The first-order valence-electron chi connectivity index (χ1n) is 10.9. The van der Waals surface area contributed by atoms with Gasteiger partial charge in [-0.25, -0.2) is 8.42 Å². The van der Waals surface area contributed by atoms with Gasteiger partial charge in [0, 0.05) is 17.1 Å². The van der Waals surface area contributed by atoms with Gasteiger partial charge in [0.25, 0.3) is 0 Å². The van der Waals surface area contributed by atoms with Crippen LogP contribution in [0.25, 0.3) is 0 Å². The van der Waals surface area contributed by atoms with E-state index in [1.165, 1.54) is 5.57 Å². The molecular weight excluding hydrogens is 434 g/mol. The number of allylic oxidation sites excluding steroid dienone is 4. The molecule has 1 saturated carbocycles. The van der Waals surface area contributed by atoms with E-state index in [2.05, 4.69) is 24.6 Å². The fourth-order valence-corrected chi connectivity index (χ4v) is 6.21. The minimum absolute atomic E-state index is 0.0217. The molecule has 2 bridgehead atoms. The molecule has 0 radical (unpaired) electrons. The molecule has 2 atom stereocenters. The van der Waals surface area contributed by atoms with Crippen molar-refractivity contribution in [2.24, 2.45) is 17.3 Å². The molecule has 7 heteroatoms. The van der Waals surface area contributed by atoms with Crippen LogP contribution in [0.15, 0.2) is 47.7 Å². The quantitative estimate of drug-likeness (QED) is 0.342. The molecule has 1 aromatic carbocycles. The van der Waals surface area contributed by atoms with Crippen molar-refractivity contribution in [3.63, 3.8) is 0 Å². The molecule has 0 spiro atoms. The van der Waals surface area contributed by atoms with Gasteiger partial charge in [0.15, 0.2) is 0 Å². The van der Waals surface area contributed by atoms with Gasteiger partial charge in [0.1, 0.15) is 0 Å². The number of benzene rings is 1. The summed E-state index contributed by atoms with van der Waals surface area (Å²) in [7, 11) is -3.45. The lowest BCUT2D eigenvalue weighted by molar-refractivity contribution is -0.137. The minimum Gasteiger partial charge on any atom is -0.481 e. The van der Waals surface area contributed by atoms with Crippen LogP contribution < -0.4 is 4.72 Å². The summed E-state index contributed by atoms with van der Waals surface area (Å²) in [4.78, 5) is 10.6. The summed E-state index contributed by atoms with van der Waals surface area (Å²) < 4.78 is 28.5. The SMILES string of the molecule is CC1(C)C2CC(NS(=O)(=O)CCc3cccc(Cl)c3)=C(CC=CCCCC(=O)O)C1C2. The normalized spacial score (nSPS) is 22.4. The minimum atomic E-state index is -3.45. The predicted octanol–water partition coefficient (Wildman–Crippen LogP) is 5.32. The fourth-order valence-electron chi connectivity index (χ4n) is 4.80. The maximum absolute atomic E-state index is 12.8. The van der Waals surface area contributed by atoms with Gasteiger partial charge >= 0.3 is 5.97 Å². The summed E-state index contributed by atoms with van der Waals surface area (Å²) in [6, 6.07) is 7.30. The first-order valence-corrected chi connectivity index (χ1v) is 12.9. The molecule has 1 fully saturated rings. The molecule has 0 aliphatic heterocycles. The van der Waals surface area contributed by atoms with E-state index < -0.39 is 16.0 Å². The number of hydrogen-bond acceptors (Lipinski definition) is 3. The number of fused-ring (bicyclic) bond motifs is 1. The third-order valence-electron chi connectivity index (χ3n) is 6.82. The molecule has 2 N–H and O–H groups in total. The lowest BCUT2D eigenvalue weighted by Gasteiger charge is -2.58. The molecule has 170 valence electrons. The Labute approximate surface area is 190 Å². The van der Waals surface area contributed by atoms with Gasteiger partial charge in [-0.05, 0) is 79.0 Å². The summed E-state index contributed by atoms with van der Waals surface area (Å²) in [6.07, 6.45) is 8.58. The maximum Gasteiger partial charge on any atom is 0.303 e. The highest BCUT2D eigenvalue weighted by atomic mass is 35.5. The number of aliphatic carboxylic acids is 1. The first kappa shape index (κ1) is 23.9. The molecule has 0 aromatic heterocycles. The first-order chi connectivity index (χ1) is 14.6. The van der Waals surface area contributed by atoms with Crippen LogP contribution in [0.1, 0.15) is 57.9 Å². The predicted molar refractivity (Wildman–Crippen MR) is 124 cm³/mol. The van der Waals surface area contributed by atoms with Crippen LogP contribution in [-0.2, 0) is 21.2 Å². The number of halogens is 1. The summed E-state index contributed by atoms with van der Waals surface area (Å²) >= 11 is 6.00. The van der Waals surface area contributed by atoms with E-state index in [1.807, 2.05) is 18.2 Å². The Morgan fingerprint density at radius 3 is 2.77 bits per heavy atom. The fraction of sp³-hybridized carbons (Fsp3) is 0.542. The Kier molecular flexibility index (Phi) is 7.53. The van der Waals surface area contributed by atoms with Crippen molar-refractivity contribution in [2.75, 3.05) is 5.75 Å². The molecule has 3 aliphatic carbocycles. The molecule has 31 heavy (non-hydrogen) atoms. The molecule has 0 saturated heterocycles. The average Bonchev–Trinajstić information content (AvgIpc) is 2.69. The van der Waals surface area contributed by atoms with Crippen molar-refractivity contribution in [2.45, 2.75) is 58.8 Å². The highest BCUT2D eigenvalue weighted by Crippen LogP contribution is 2.61. The van der Waals surface area contributed by atoms with Crippen molar-refractivity contribution < 1.29 is 18.3 Å². The van der Waals surface area contributed by atoms with E-state index >= 15 is 0 Å². The number of rotatable bonds is 11. The van der Waals surface area contributed by atoms with E-state index in [-0.39, 0.29) is 17.6 Å². The molecule has 0 heterocycles. The Hall–Kier alpha value is -1.79. The molecule has 0 amide bonds. The zero-order valence-corrected chi connectivity index (χ0v) is 19.8. The van der Waals surface area contributed by atoms with Crippen LogP contribution in [-0.4, -0.2) is 25.2 Å². The number of carbonyl (C=O) groups is 1. The van der Waals surface area contributed by atoms with Crippen molar-refractivity contribution in [1.29, 1.82) is 0 Å². The molecule has 3 aliphatic rings. The van der Waals surface area contributed by atoms with Crippen LogP contribution >= 0.6 is 11.6 Å². The second kappa shape index (κ2) is 9.78. The standard InChI is InChI=1S/C24H32ClNO4S/c1-24(2)18-15-21(24)20(10-5-3-4-6-11-23(27)28)22(16-18)26-31(29,30)13-12-17-8-7-9-19(25)14-17/h3,5,7-9,14,18,21,26H,4,6,10-13,15-16H2,1-2H3,(H,27,28). The Morgan fingerprint density at radius 2 is 2.10 bits per heavy atom. The Morgan fingerprint density at radius 1 is 1.32 bits per heavy atom. The van der Waals surface area contributed by atoms with Crippen LogP contribution in [0, 0.1) is 17.3 Å². The number of nitrogens with one attached hydrogen (secondary N) is 1. The van der Waals surface area contributed by atoms with Crippen molar-refractivity contribution in [1.82, 2.24) is 4.72 Å². The number of aryl methyl sites for hydroxylation is 1. The summed E-state index contributed by atoms with van der Waals surface area (Å²) in [6.45, 7) is 4.54. The number of carboxylic acids is 1. The summed E-state index contributed by atoms with van der Waals surface area (Å²) in [5.41, 5.74) is 3.15. The zero-order valence-electron chi connectivity index (χ0n) is 18.2. The van der Waals surface area contributed by atoms with E-state index in [0.717, 1.165) is 30.5 Å². The van der Waals surface area contributed by atoms with Crippen molar-refractivity contribution >= 4 is 27.6 Å². The Balaban J connectivity index is 1.67. The maximum atomic E-state index is 12.8. The molecule has 2 unspecified atom stereocenters. The van der Waals surface area contributed by atoms with Gasteiger partial charge in [-0.15, -0.1) is 0 Å². The van der Waals surface area contributed by atoms with Crippen LogP contribution in [0.2, 0.25) is 5.02 Å². The monoisotopic (exact) mass is 465 g/mol. The molecule has 1 aromatic rings. The molecule has 4 rings (SSSR count). The average molecular weight is 466 g/mol. The third kappa shape index (κ3) is 6.13. The second-order valence-corrected chi connectivity index (χ2v) is 11.6. The zero-order chi connectivity index (χ0) is 22.6. The molecular formula is C24H32ClNO4S. The third-order valence-corrected chi connectivity index (χ3v) is 8.36. The van der Waals surface area contributed by atoms with Gasteiger partial charge in [0.2, 0.25) is 10.0 Å². The van der Waals surface area contributed by atoms with Gasteiger partial charge < -0.3 is 5.11 Å². The number of carboxylic acid groups (broad SMARTS) is 1. The van der Waals surface area contributed by atoms with E-state index in [0.29, 0.717) is 36.1 Å². The topological polar surface area (TPSA) is 83.5 Å². The van der Waals surface area contributed by atoms with Crippen LogP contribution in [0.5, 0.6) is 0 Å². The highest BCUT2D eigenvalue weighted by Gasteiger charge is 2.53. The smallest absolute Gasteiger partial charge is 0.303 e. The number of unbranched alkanes of at least 4 members (excludes halogenated alkanes) is 1. The highest BCUT2D eigenvalue weighted by molar-refractivity contribution is 7.89. The second-order valence-electron chi connectivity index (χ2n) is 9.28. The van der Waals surface area contributed by atoms with Crippen LogP contribution in [0.4, 0.5) is 0 Å². The van der Waals surface area contributed by atoms with E-state index in [1.54, 1.807) is 12.1 Å². The van der Waals surface area contributed by atoms with Gasteiger partial charge in [0.05, 0.1) is 5.75 Å². The van der Waals surface area contributed by atoms with E-state index in [4.69, 9.17) is 16.7 Å². The van der Waals surface area contributed by atoms with Crippen molar-refractivity contribution in [3.05, 3.63) is 58.3 Å². The summed E-state index contributed by atoms with van der Waals surface area (Å²) in [5.74, 6) is 0.139.